The zero-order valence-corrected chi connectivity index (χ0v) is 21.8. The van der Waals surface area contributed by atoms with Gasteiger partial charge in [0.15, 0.2) is 0 Å². The number of ether oxygens (including phenoxy) is 2. The lowest BCUT2D eigenvalue weighted by molar-refractivity contribution is -0.00342. The number of aromatic amines is 1. The molecule has 9 heteroatoms. The van der Waals surface area contributed by atoms with E-state index in [4.69, 9.17) is 9.47 Å². The third-order valence-corrected chi connectivity index (χ3v) is 6.73. The van der Waals surface area contributed by atoms with Gasteiger partial charge in [-0.25, -0.2) is 4.79 Å². The molecule has 36 heavy (non-hydrogen) atoms. The molecule has 0 aliphatic rings. The van der Waals surface area contributed by atoms with Crippen molar-refractivity contribution >= 4 is 39.2 Å². The highest BCUT2D eigenvalue weighted by molar-refractivity contribution is 7.20. The van der Waals surface area contributed by atoms with Crippen molar-refractivity contribution in [3.63, 3.8) is 0 Å². The van der Waals surface area contributed by atoms with E-state index in [0.29, 0.717) is 38.3 Å². The van der Waals surface area contributed by atoms with Crippen LogP contribution < -0.4 is 15.4 Å². The molecule has 2 heterocycles. The van der Waals surface area contributed by atoms with Crippen molar-refractivity contribution in [2.75, 3.05) is 12.4 Å². The molecule has 0 radical (unpaired) electrons. The van der Waals surface area contributed by atoms with Crippen molar-refractivity contribution in [3.05, 3.63) is 76.2 Å². The number of esters is 1. The van der Waals surface area contributed by atoms with Crippen molar-refractivity contribution in [2.45, 2.75) is 45.9 Å². The van der Waals surface area contributed by atoms with Crippen LogP contribution in [0.25, 0.3) is 10.2 Å². The minimum Gasteiger partial charge on any atom is -0.496 e. The molecule has 188 valence electrons. The monoisotopic (exact) mass is 506 g/mol. The molecular weight excluding hydrogens is 476 g/mol. The average molecular weight is 507 g/mol. The molecule has 8 nitrogen and oxygen atoms in total. The van der Waals surface area contributed by atoms with Gasteiger partial charge in [0.2, 0.25) is 0 Å². The van der Waals surface area contributed by atoms with Gasteiger partial charge >= 0.3 is 5.97 Å². The van der Waals surface area contributed by atoms with E-state index >= 15 is 0 Å². The number of nitrogens with zero attached hydrogens (tertiary/aromatic N) is 1. The molecule has 0 saturated heterocycles. The Bertz CT molecular complexity index is 1370. The standard InChI is InChI=1S/C27H30N4O4S/c1-16(2)28-15-17-10-12-18(13-11-17)24(32)29-23-19-14-22(36-25(19)31-30-23)26(33)35-27(3,4)20-8-6-7-9-21(20)34-5/h6-14,16,28H,15H2,1-5H3,(H2,29,30,31,32). The summed E-state index contributed by atoms with van der Waals surface area (Å²) >= 11 is 1.20. The van der Waals surface area contributed by atoms with Crippen LogP contribution >= 0.6 is 11.3 Å². The van der Waals surface area contributed by atoms with E-state index in [0.717, 1.165) is 17.7 Å². The number of hydrogen-bond donors (Lipinski definition) is 3. The van der Waals surface area contributed by atoms with Gasteiger partial charge in [0.05, 0.1) is 12.5 Å². The summed E-state index contributed by atoms with van der Waals surface area (Å²) in [5, 5.41) is 13.9. The molecule has 0 bridgehead atoms. The SMILES string of the molecule is COc1ccccc1C(C)(C)OC(=O)c1cc2c(NC(=O)c3ccc(CNC(C)C)cc3)[nH]nc2s1. The van der Waals surface area contributed by atoms with Crippen LogP contribution in [-0.4, -0.2) is 35.2 Å². The fraction of sp³-hybridized carbons (Fsp3) is 0.296. The molecule has 0 atom stereocenters. The van der Waals surface area contributed by atoms with Crippen molar-refractivity contribution in [3.8, 4) is 5.75 Å². The Balaban J connectivity index is 1.47. The van der Waals surface area contributed by atoms with Crippen LogP contribution in [0.1, 0.15) is 58.9 Å². The van der Waals surface area contributed by atoms with Crippen molar-refractivity contribution in [1.82, 2.24) is 15.5 Å². The van der Waals surface area contributed by atoms with E-state index in [-0.39, 0.29) is 5.91 Å². The van der Waals surface area contributed by atoms with Gasteiger partial charge in [0, 0.05) is 23.7 Å². The number of thiophene rings is 1. The number of nitrogens with one attached hydrogen (secondary N) is 3. The number of aromatic nitrogens is 2. The molecule has 0 saturated carbocycles. The lowest BCUT2D eigenvalue weighted by Crippen LogP contribution is -2.26. The number of carbonyl (C=O) groups excluding carboxylic acids is 2. The topological polar surface area (TPSA) is 105 Å². The highest BCUT2D eigenvalue weighted by Gasteiger charge is 2.30. The number of rotatable bonds is 9. The van der Waals surface area contributed by atoms with E-state index in [1.807, 2.05) is 50.2 Å². The Kier molecular flexibility index (Phi) is 7.42. The third-order valence-electron chi connectivity index (χ3n) is 5.72. The summed E-state index contributed by atoms with van der Waals surface area (Å²) in [5.41, 5.74) is 1.48. The molecule has 4 rings (SSSR count). The van der Waals surface area contributed by atoms with Gasteiger partial charge < -0.3 is 20.1 Å². The summed E-state index contributed by atoms with van der Waals surface area (Å²) in [7, 11) is 1.58. The van der Waals surface area contributed by atoms with Crippen molar-refractivity contribution in [1.29, 1.82) is 0 Å². The molecular formula is C27H30N4O4S. The fourth-order valence-electron chi connectivity index (χ4n) is 3.77. The first-order chi connectivity index (χ1) is 17.2. The molecule has 0 fully saturated rings. The normalized spacial score (nSPS) is 11.6. The van der Waals surface area contributed by atoms with Crippen molar-refractivity contribution < 1.29 is 19.1 Å². The van der Waals surface area contributed by atoms with Crippen molar-refractivity contribution in [2.24, 2.45) is 0 Å². The largest absolute Gasteiger partial charge is 0.496 e. The number of benzene rings is 2. The minimum absolute atomic E-state index is 0.267. The molecule has 3 N–H and O–H groups in total. The number of hydrogen-bond acceptors (Lipinski definition) is 7. The maximum Gasteiger partial charge on any atom is 0.349 e. The summed E-state index contributed by atoms with van der Waals surface area (Å²) in [6.07, 6.45) is 0. The summed E-state index contributed by atoms with van der Waals surface area (Å²) in [4.78, 5) is 26.8. The van der Waals surface area contributed by atoms with E-state index < -0.39 is 11.6 Å². The molecule has 0 spiro atoms. The van der Waals surface area contributed by atoms with Crippen LogP contribution in [0, 0.1) is 0 Å². The highest BCUT2D eigenvalue weighted by Crippen LogP contribution is 2.35. The third kappa shape index (κ3) is 5.58. The van der Waals surface area contributed by atoms with Gasteiger partial charge in [-0.1, -0.05) is 44.2 Å². The zero-order valence-electron chi connectivity index (χ0n) is 21.0. The maximum atomic E-state index is 13.0. The summed E-state index contributed by atoms with van der Waals surface area (Å²) in [6.45, 7) is 8.55. The average Bonchev–Trinajstić information content (AvgIpc) is 3.45. The maximum absolute atomic E-state index is 13.0. The van der Waals surface area contributed by atoms with Gasteiger partial charge in [-0.2, -0.15) is 5.10 Å². The quantitative estimate of drug-likeness (QED) is 0.260. The van der Waals surface area contributed by atoms with Crippen LogP contribution in [0.5, 0.6) is 5.75 Å². The Labute approximate surface area is 214 Å². The van der Waals surface area contributed by atoms with Crippen LogP contribution in [0.3, 0.4) is 0 Å². The zero-order chi connectivity index (χ0) is 25.9. The second-order valence-corrected chi connectivity index (χ2v) is 10.2. The number of amides is 1. The molecule has 4 aromatic rings. The lowest BCUT2D eigenvalue weighted by atomic mass is 9.97. The molecule has 2 aromatic carbocycles. The van der Waals surface area contributed by atoms with Gasteiger partial charge in [-0.3, -0.25) is 9.89 Å². The van der Waals surface area contributed by atoms with Gasteiger partial charge in [-0.05, 0) is 43.7 Å². The molecule has 0 unspecified atom stereocenters. The number of fused-ring (bicyclic) bond motifs is 1. The van der Waals surface area contributed by atoms with Gasteiger partial charge in [0.25, 0.3) is 5.91 Å². The smallest absolute Gasteiger partial charge is 0.349 e. The summed E-state index contributed by atoms with van der Waals surface area (Å²) < 4.78 is 11.3. The number of para-hydroxylation sites is 1. The predicted molar refractivity (Wildman–Crippen MR) is 142 cm³/mol. The Morgan fingerprint density at radius 1 is 1.11 bits per heavy atom. The highest BCUT2D eigenvalue weighted by atomic mass is 32.1. The summed E-state index contributed by atoms with van der Waals surface area (Å²) in [5.74, 6) is 0.332. The van der Waals surface area contributed by atoms with E-state index in [9.17, 15) is 9.59 Å². The minimum atomic E-state index is -0.912. The number of carbonyl (C=O) groups is 2. The van der Waals surface area contributed by atoms with E-state index in [1.54, 1.807) is 25.3 Å². The van der Waals surface area contributed by atoms with Crippen LogP contribution in [-0.2, 0) is 16.9 Å². The molecule has 0 aliphatic carbocycles. The van der Waals surface area contributed by atoms with Crippen LogP contribution in [0.15, 0.2) is 54.6 Å². The predicted octanol–water partition coefficient (Wildman–Crippen LogP) is 5.48. The second kappa shape index (κ2) is 10.5. The first kappa shape index (κ1) is 25.4. The fourth-order valence-corrected chi connectivity index (χ4v) is 4.64. The van der Waals surface area contributed by atoms with E-state index in [1.165, 1.54) is 11.3 Å². The van der Waals surface area contributed by atoms with Gasteiger partial charge in [-0.15, -0.1) is 11.3 Å². The molecule has 0 aliphatic heterocycles. The van der Waals surface area contributed by atoms with Crippen LogP contribution in [0.4, 0.5) is 5.82 Å². The molecule has 2 aromatic heterocycles. The lowest BCUT2D eigenvalue weighted by Gasteiger charge is -2.27. The Morgan fingerprint density at radius 2 is 1.83 bits per heavy atom. The van der Waals surface area contributed by atoms with E-state index in [2.05, 4.69) is 34.7 Å². The second-order valence-electron chi connectivity index (χ2n) is 9.21. The first-order valence-corrected chi connectivity index (χ1v) is 12.5. The van der Waals surface area contributed by atoms with Gasteiger partial charge in [0.1, 0.15) is 26.9 Å². The first-order valence-electron chi connectivity index (χ1n) is 11.7. The Morgan fingerprint density at radius 3 is 2.53 bits per heavy atom. The summed E-state index contributed by atoms with van der Waals surface area (Å²) in [6, 6.07) is 16.9. The number of methoxy groups -OCH3 is 1. The van der Waals surface area contributed by atoms with Crippen LogP contribution in [0.2, 0.25) is 0 Å². The number of anilines is 1. The molecule has 1 amide bonds. The Hall–Kier alpha value is -3.69. The number of H-pyrrole nitrogens is 1.